The number of nitrogens with one attached hydrogen (secondary N) is 1. The zero-order valence-electron chi connectivity index (χ0n) is 22.6. The van der Waals surface area contributed by atoms with Crippen molar-refractivity contribution in [1.29, 1.82) is 0 Å². The van der Waals surface area contributed by atoms with E-state index in [1.807, 2.05) is 0 Å². The minimum Gasteiger partial charge on any atom is -0.482 e. The summed E-state index contributed by atoms with van der Waals surface area (Å²) in [7, 11) is 0. The zero-order valence-corrected chi connectivity index (χ0v) is 22.6. The number of benzene rings is 1. The van der Waals surface area contributed by atoms with Crippen molar-refractivity contribution < 1.29 is 47.9 Å². The molecule has 0 aromatic heterocycles. The maximum Gasteiger partial charge on any atom is 0.344 e. The number of aliphatic carboxylic acids is 1. The van der Waals surface area contributed by atoms with E-state index in [1.54, 1.807) is 45.0 Å². The molecule has 0 spiro atoms. The first-order valence-corrected chi connectivity index (χ1v) is 12.6. The Balaban J connectivity index is 2.22. The fraction of sp³-hybridized carbons (Fsp3) is 0.654. The van der Waals surface area contributed by atoms with Crippen molar-refractivity contribution in [3.05, 3.63) is 29.8 Å². The van der Waals surface area contributed by atoms with E-state index in [1.165, 1.54) is 0 Å². The molecule has 0 fully saturated rings. The van der Waals surface area contributed by atoms with Crippen LogP contribution in [0.3, 0.4) is 0 Å². The van der Waals surface area contributed by atoms with Crippen LogP contribution in [0.25, 0.3) is 0 Å². The third-order valence-electron chi connectivity index (χ3n) is 4.62. The Bertz CT molecular complexity index is 811. The van der Waals surface area contributed by atoms with Gasteiger partial charge in [-0.05, 0) is 38.5 Å². The van der Waals surface area contributed by atoms with Crippen LogP contribution >= 0.6 is 0 Å². The number of rotatable bonds is 21. The zero-order chi connectivity index (χ0) is 28.2. The second-order valence-electron chi connectivity index (χ2n) is 9.17. The summed E-state index contributed by atoms with van der Waals surface area (Å²) in [4.78, 5) is 35.5. The first kappa shape index (κ1) is 33.3. The average molecular weight is 543 g/mol. The van der Waals surface area contributed by atoms with Crippen LogP contribution in [0.2, 0.25) is 0 Å². The lowest BCUT2D eigenvalue weighted by atomic mass is 10.1. The van der Waals surface area contributed by atoms with E-state index in [0.29, 0.717) is 64.1 Å². The summed E-state index contributed by atoms with van der Waals surface area (Å²) < 4.78 is 31.8. The van der Waals surface area contributed by atoms with Gasteiger partial charge in [0.1, 0.15) is 17.4 Å². The first-order chi connectivity index (χ1) is 18.1. The minimum absolute atomic E-state index is 0.0210. The average Bonchev–Trinajstić information content (AvgIpc) is 2.85. The third-order valence-corrected chi connectivity index (χ3v) is 4.62. The van der Waals surface area contributed by atoms with Crippen LogP contribution in [0.4, 0.5) is 0 Å². The van der Waals surface area contributed by atoms with Crippen molar-refractivity contribution in [2.45, 2.75) is 45.3 Å². The number of carboxylic acid groups (broad SMARTS) is 1. The summed E-state index contributed by atoms with van der Waals surface area (Å²) in [6.07, 6.45) is 0.108. The topological polar surface area (TPSA) is 165 Å². The number of carbonyl (C=O) groups is 3. The summed E-state index contributed by atoms with van der Waals surface area (Å²) in [5, 5.41) is 12.0. The van der Waals surface area contributed by atoms with Gasteiger partial charge >= 0.3 is 11.9 Å². The molecule has 12 heteroatoms. The molecule has 0 saturated heterocycles. The van der Waals surface area contributed by atoms with Gasteiger partial charge in [0.25, 0.3) is 0 Å². The molecule has 216 valence electrons. The summed E-state index contributed by atoms with van der Waals surface area (Å²) in [5.74, 6) is -1.62. The molecule has 1 aromatic rings. The lowest BCUT2D eigenvalue weighted by Gasteiger charge is -2.19. The van der Waals surface area contributed by atoms with Crippen LogP contribution in [0.15, 0.2) is 24.3 Å². The molecule has 12 nitrogen and oxygen atoms in total. The van der Waals surface area contributed by atoms with Crippen LogP contribution in [0.1, 0.15) is 32.8 Å². The monoisotopic (exact) mass is 542 g/mol. The minimum atomic E-state index is -1.15. The first-order valence-electron chi connectivity index (χ1n) is 12.6. The Morgan fingerprint density at radius 1 is 0.868 bits per heavy atom. The summed E-state index contributed by atoms with van der Waals surface area (Å²) in [6.45, 7) is 8.67. The fourth-order valence-electron chi connectivity index (χ4n) is 2.95. The van der Waals surface area contributed by atoms with Crippen LogP contribution in [0.5, 0.6) is 5.75 Å². The molecule has 38 heavy (non-hydrogen) atoms. The molecule has 1 unspecified atom stereocenters. The highest BCUT2D eigenvalue weighted by Crippen LogP contribution is 2.15. The molecular weight excluding hydrogens is 500 g/mol. The standard InChI is InChI=1S/C26H42N2O10/c1-26(2,3)38-24(30)19-37-21-6-4-20(5-7-21)18-22(25(31)32)28-23(29)8-10-33-12-14-35-16-17-36-15-13-34-11-9-27/h4-7,22H,8-19,27H2,1-3H3,(H,28,29)(H,31,32). The predicted molar refractivity (Wildman–Crippen MR) is 138 cm³/mol. The van der Waals surface area contributed by atoms with Gasteiger partial charge in [-0.3, -0.25) is 4.79 Å². The highest BCUT2D eigenvalue weighted by Gasteiger charge is 2.20. The molecule has 1 aromatic carbocycles. The van der Waals surface area contributed by atoms with Crippen molar-refractivity contribution >= 4 is 17.8 Å². The molecule has 1 amide bonds. The van der Waals surface area contributed by atoms with E-state index >= 15 is 0 Å². The van der Waals surface area contributed by atoms with E-state index < -0.39 is 29.5 Å². The molecule has 0 aliphatic carbocycles. The molecule has 0 bridgehead atoms. The molecule has 0 heterocycles. The number of amides is 1. The van der Waals surface area contributed by atoms with Gasteiger partial charge in [0.05, 0.1) is 52.9 Å². The van der Waals surface area contributed by atoms with Crippen molar-refractivity contribution in [2.75, 3.05) is 66.0 Å². The van der Waals surface area contributed by atoms with Crippen molar-refractivity contribution in [3.8, 4) is 5.75 Å². The number of carboxylic acids is 1. The van der Waals surface area contributed by atoms with E-state index in [9.17, 15) is 19.5 Å². The van der Waals surface area contributed by atoms with Gasteiger partial charge in [-0.15, -0.1) is 0 Å². The normalized spacial score (nSPS) is 12.1. The van der Waals surface area contributed by atoms with E-state index in [4.69, 9.17) is 34.2 Å². The van der Waals surface area contributed by atoms with E-state index in [-0.39, 0.29) is 26.1 Å². The second kappa shape index (κ2) is 19.3. The van der Waals surface area contributed by atoms with Crippen molar-refractivity contribution in [2.24, 2.45) is 5.73 Å². The maximum absolute atomic E-state index is 12.2. The number of ether oxygens (including phenoxy) is 6. The van der Waals surface area contributed by atoms with Crippen molar-refractivity contribution in [3.63, 3.8) is 0 Å². The SMILES string of the molecule is CC(C)(C)OC(=O)COc1ccc(CC(NC(=O)CCOCCOCCOCCOCCN)C(=O)O)cc1. The van der Waals surface area contributed by atoms with Gasteiger partial charge < -0.3 is 44.6 Å². The van der Waals surface area contributed by atoms with Gasteiger partial charge in [-0.25, -0.2) is 9.59 Å². The summed E-state index contributed by atoms with van der Waals surface area (Å²) in [5.41, 5.74) is 5.39. The lowest BCUT2D eigenvalue weighted by molar-refractivity contribution is -0.157. The Morgan fingerprint density at radius 2 is 1.39 bits per heavy atom. The molecule has 1 rings (SSSR count). The smallest absolute Gasteiger partial charge is 0.344 e. The van der Waals surface area contributed by atoms with Crippen LogP contribution < -0.4 is 15.8 Å². The largest absolute Gasteiger partial charge is 0.482 e. The van der Waals surface area contributed by atoms with Gasteiger partial charge in [0.2, 0.25) is 5.91 Å². The van der Waals surface area contributed by atoms with Crippen LogP contribution in [-0.4, -0.2) is 101 Å². The summed E-state index contributed by atoms with van der Waals surface area (Å²) >= 11 is 0. The summed E-state index contributed by atoms with van der Waals surface area (Å²) in [6, 6.07) is 5.51. The van der Waals surface area contributed by atoms with Crippen molar-refractivity contribution in [1.82, 2.24) is 5.32 Å². The number of hydrogen-bond donors (Lipinski definition) is 3. The Hall–Kier alpha value is -2.77. The Labute approximate surface area is 224 Å². The molecule has 0 aliphatic rings. The quantitative estimate of drug-likeness (QED) is 0.149. The highest BCUT2D eigenvalue weighted by atomic mass is 16.6. The number of hydrogen-bond acceptors (Lipinski definition) is 10. The van der Waals surface area contributed by atoms with Gasteiger partial charge in [-0.1, -0.05) is 12.1 Å². The Morgan fingerprint density at radius 3 is 1.89 bits per heavy atom. The lowest BCUT2D eigenvalue weighted by Crippen LogP contribution is -2.42. The number of carbonyl (C=O) groups excluding carboxylic acids is 2. The predicted octanol–water partition coefficient (Wildman–Crippen LogP) is 0.934. The van der Waals surface area contributed by atoms with E-state index in [0.717, 1.165) is 0 Å². The molecule has 0 radical (unpaired) electrons. The van der Waals surface area contributed by atoms with E-state index in [2.05, 4.69) is 5.32 Å². The molecular formula is C26H42N2O10. The number of esters is 1. The highest BCUT2D eigenvalue weighted by molar-refractivity contribution is 5.83. The number of nitrogens with two attached hydrogens (primary N) is 1. The third kappa shape index (κ3) is 17.6. The van der Waals surface area contributed by atoms with Crippen LogP contribution in [0, 0.1) is 0 Å². The molecule has 0 saturated carbocycles. The Kier molecular flexibility index (Phi) is 16.9. The fourth-order valence-corrected chi connectivity index (χ4v) is 2.95. The van der Waals surface area contributed by atoms with Gasteiger partial charge in [-0.2, -0.15) is 0 Å². The van der Waals surface area contributed by atoms with Gasteiger partial charge in [0.15, 0.2) is 6.61 Å². The second-order valence-corrected chi connectivity index (χ2v) is 9.17. The van der Waals surface area contributed by atoms with Gasteiger partial charge in [0, 0.05) is 19.4 Å². The molecule has 0 aliphatic heterocycles. The molecule has 1 atom stereocenters. The van der Waals surface area contributed by atoms with Crippen LogP contribution in [-0.2, 0) is 44.5 Å². The molecule has 4 N–H and O–H groups in total. The maximum atomic E-state index is 12.2.